The molecule has 1 rings (SSSR count). The summed E-state index contributed by atoms with van der Waals surface area (Å²) in [6.45, 7) is -1.30. The normalized spacial score (nSPS) is 21.2. The van der Waals surface area contributed by atoms with Gasteiger partial charge in [-0.15, -0.1) is 0 Å². The Morgan fingerprint density at radius 1 is 1.44 bits per heavy atom. The highest BCUT2D eigenvalue weighted by Crippen LogP contribution is 2.22. The van der Waals surface area contributed by atoms with E-state index in [1.807, 2.05) is 11.4 Å². The number of carbonyl (C=O) groups excluding carboxylic acids is 1. The minimum Gasteiger partial charge on any atom is -0.350 e. The van der Waals surface area contributed by atoms with Crippen molar-refractivity contribution in [1.29, 1.82) is 0 Å². The molecule has 1 aliphatic carbocycles. The van der Waals surface area contributed by atoms with Crippen LogP contribution < -0.4 is 5.32 Å². The maximum Gasteiger partial charge on any atom is 0.324 e. The Hall–Kier alpha value is -1.07. The van der Waals surface area contributed by atoms with Crippen LogP contribution in [0.15, 0.2) is 12.2 Å². The van der Waals surface area contributed by atoms with Gasteiger partial charge in [0.2, 0.25) is 5.91 Å². The van der Waals surface area contributed by atoms with E-state index in [0.29, 0.717) is 19.3 Å². The minimum absolute atomic E-state index is 0.376. The fourth-order valence-electron chi connectivity index (χ4n) is 1.46. The number of alkyl halides is 4. The predicted octanol–water partition coefficient (Wildman–Crippen LogP) is 2.36. The standard InChI is InChI=1S/C10H13F4NO/c11-9(12)10(13,14)6-15-8(16)7-4-2-1-3-5-7/h1-2,7,9H,3-6H2,(H,15,16)/t7-/m1/s1. The Kier molecular flexibility index (Phi) is 4.32. The van der Waals surface area contributed by atoms with Crippen LogP contribution in [-0.2, 0) is 4.79 Å². The highest BCUT2D eigenvalue weighted by atomic mass is 19.3. The molecule has 0 saturated heterocycles. The molecule has 0 bridgehead atoms. The molecule has 0 aliphatic heterocycles. The van der Waals surface area contributed by atoms with Crippen LogP contribution in [-0.4, -0.2) is 24.8 Å². The second kappa shape index (κ2) is 5.32. The first-order valence-electron chi connectivity index (χ1n) is 5.02. The third-order valence-corrected chi connectivity index (χ3v) is 2.46. The Labute approximate surface area is 90.7 Å². The van der Waals surface area contributed by atoms with Crippen molar-refractivity contribution in [3.63, 3.8) is 0 Å². The van der Waals surface area contributed by atoms with Crippen LogP contribution in [0.5, 0.6) is 0 Å². The fraction of sp³-hybridized carbons (Fsp3) is 0.700. The van der Waals surface area contributed by atoms with Gasteiger partial charge in [0.15, 0.2) is 0 Å². The van der Waals surface area contributed by atoms with Crippen molar-refractivity contribution < 1.29 is 22.4 Å². The number of hydrogen-bond donors (Lipinski definition) is 1. The van der Waals surface area contributed by atoms with E-state index >= 15 is 0 Å². The Morgan fingerprint density at radius 2 is 2.12 bits per heavy atom. The lowest BCUT2D eigenvalue weighted by atomic mass is 9.93. The second-order valence-corrected chi connectivity index (χ2v) is 3.76. The predicted molar refractivity (Wildman–Crippen MR) is 50.4 cm³/mol. The van der Waals surface area contributed by atoms with Gasteiger partial charge in [-0.25, -0.2) is 8.78 Å². The van der Waals surface area contributed by atoms with E-state index in [-0.39, 0.29) is 5.92 Å². The molecule has 6 heteroatoms. The molecule has 2 nitrogen and oxygen atoms in total. The van der Waals surface area contributed by atoms with Crippen LogP contribution in [0.2, 0.25) is 0 Å². The molecule has 0 aromatic rings. The van der Waals surface area contributed by atoms with E-state index in [0.717, 1.165) is 0 Å². The minimum atomic E-state index is -4.15. The summed E-state index contributed by atoms with van der Waals surface area (Å²) in [4.78, 5) is 11.3. The van der Waals surface area contributed by atoms with E-state index in [2.05, 4.69) is 0 Å². The molecule has 0 heterocycles. The lowest BCUT2D eigenvalue weighted by Gasteiger charge is -2.20. The zero-order valence-corrected chi connectivity index (χ0v) is 8.56. The van der Waals surface area contributed by atoms with Gasteiger partial charge in [-0.3, -0.25) is 4.79 Å². The van der Waals surface area contributed by atoms with Gasteiger partial charge in [0.1, 0.15) is 0 Å². The first-order valence-corrected chi connectivity index (χ1v) is 5.02. The topological polar surface area (TPSA) is 29.1 Å². The second-order valence-electron chi connectivity index (χ2n) is 3.76. The van der Waals surface area contributed by atoms with E-state index < -0.39 is 24.8 Å². The average molecular weight is 239 g/mol. The molecule has 0 radical (unpaired) electrons. The van der Waals surface area contributed by atoms with Crippen LogP contribution in [0.3, 0.4) is 0 Å². The summed E-state index contributed by atoms with van der Waals surface area (Å²) in [6, 6.07) is 0. The van der Waals surface area contributed by atoms with Gasteiger partial charge < -0.3 is 5.32 Å². The molecule has 1 aliphatic rings. The van der Waals surface area contributed by atoms with Crippen molar-refractivity contribution in [3.05, 3.63) is 12.2 Å². The van der Waals surface area contributed by atoms with Crippen molar-refractivity contribution in [2.24, 2.45) is 5.92 Å². The van der Waals surface area contributed by atoms with Crippen LogP contribution in [0.4, 0.5) is 17.6 Å². The molecular weight excluding hydrogens is 226 g/mol. The number of nitrogens with one attached hydrogen (secondary N) is 1. The molecule has 16 heavy (non-hydrogen) atoms. The van der Waals surface area contributed by atoms with Crippen molar-refractivity contribution in [2.75, 3.05) is 6.54 Å². The SMILES string of the molecule is O=C(NCC(F)(F)C(F)F)[C@@H]1CC=CCC1. The van der Waals surface area contributed by atoms with E-state index in [1.165, 1.54) is 0 Å². The lowest BCUT2D eigenvalue weighted by Crippen LogP contribution is -2.43. The van der Waals surface area contributed by atoms with Gasteiger partial charge in [0.25, 0.3) is 0 Å². The highest BCUT2D eigenvalue weighted by molar-refractivity contribution is 5.79. The van der Waals surface area contributed by atoms with Crippen LogP contribution in [0, 0.1) is 5.92 Å². The van der Waals surface area contributed by atoms with Gasteiger partial charge in [0.05, 0.1) is 6.54 Å². The maximum atomic E-state index is 12.5. The van der Waals surface area contributed by atoms with Crippen molar-refractivity contribution in [2.45, 2.75) is 31.6 Å². The molecule has 0 saturated carbocycles. The van der Waals surface area contributed by atoms with E-state index in [9.17, 15) is 22.4 Å². The molecular formula is C10H13F4NO. The summed E-state index contributed by atoms with van der Waals surface area (Å²) in [5.41, 5.74) is 0. The number of carbonyl (C=O) groups is 1. The monoisotopic (exact) mass is 239 g/mol. The van der Waals surface area contributed by atoms with Gasteiger partial charge in [-0.1, -0.05) is 12.2 Å². The molecule has 92 valence electrons. The zero-order valence-electron chi connectivity index (χ0n) is 8.56. The van der Waals surface area contributed by atoms with Gasteiger partial charge >= 0.3 is 12.3 Å². The van der Waals surface area contributed by atoms with Crippen molar-refractivity contribution >= 4 is 5.91 Å². The zero-order chi connectivity index (χ0) is 12.2. The van der Waals surface area contributed by atoms with Gasteiger partial charge in [-0.2, -0.15) is 8.78 Å². The smallest absolute Gasteiger partial charge is 0.324 e. The summed E-state index contributed by atoms with van der Waals surface area (Å²) in [5, 5.41) is 1.87. The fourth-order valence-corrected chi connectivity index (χ4v) is 1.46. The summed E-state index contributed by atoms with van der Waals surface area (Å²) < 4.78 is 48.6. The molecule has 0 aromatic heterocycles. The summed E-state index contributed by atoms with van der Waals surface area (Å²) in [5.74, 6) is -5.11. The highest BCUT2D eigenvalue weighted by Gasteiger charge is 2.41. The van der Waals surface area contributed by atoms with Crippen molar-refractivity contribution in [3.8, 4) is 0 Å². The first kappa shape index (κ1) is 13.0. The molecule has 1 amide bonds. The van der Waals surface area contributed by atoms with Gasteiger partial charge in [0, 0.05) is 5.92 Å². The van der Waals surface area contributed by atoms with Gasteiger partial charge in [-0.05, 0) is 19.3 Å². The maximum absolute atomic E-state index is 12.5. The third kappa shape index (κ3) is 3.50. The number of allylic oxidation sites excluding steroid dienone is 2. The molecule has 1 atom stereocenters. The molecule has 0 unspecified atom stereocenters. The molecule has 0 aromatic carbocycles. The number of rotatable bonds is 4. The van der Waals surface area contributed by atoms with Crippen LogP contribution >= 0.6 is 0 Å². The first-order chi connectivity index (χ1) is 7.43. The average Bonchev–Trinajstić information content (AvgIpc) is 2.27. The quantitative estimate of drug-likeness (QED) is 0.592. The molecule has 0 spiro atoms. The van der Waals surface area contributed by atoms with E-state index in [1.54, 1.807) is 6.08 Å². The van der Waals surface area contributed by atoms with Crippen LogP contribution in [0.1, 0.15) is 19.3 Å². The van der Waals surface area contributed by atoms with Crippen molar-refractivity contribution in [1.82, 2.24) is 5.32 Å². The Bertz CT molecular complexity index is 278. The third-order valence-electron chi connectivity index (χ3n) is 2.46. The lowest BCUT2D eigenvalue weighted by molar-refractivity contribution is -0.138. The molecule has 0 fully saturated rings. The Morgan fingerprint density at radius 3 is 2.62 bits per heavy atom. The molecule has 1 N–H and O–H groups in total. The number of halogens is 4. The summed E-state index contributed by atoms with van der Waals surface area (Å²) in [6.07, 6.45) is 1.70. The summed E-state index contributed by atoms with van der Waals surface area (Å²) >= 11 is 0. The largest absolute Gasteiger partial charge is 0.350 e. The number of hydrogen-bond acceptors (Lipinski definition) is 1. The van der Waals surface area contributed by atoms with E-state index in [4.69, 9.17) is 0 Å². The van der Waals surface area contributed by atoms with Crippen LogP contribution in [0.25, 0.3) is 0 Å². The summed E-state index contributed by atoms with van der Waals surface area (Å²) in [7, 11) is 0. The number of amides is 1. The Balaban J connectivity index is 2.37.